The second kappa shape index (κ2) is 12.1. The van der Waals surface area contributed by atoms with Crippen molar-refractivity contribution in [2.24, 2.45) is 0 Å². The second-order valence-corrected chi connectivity index (χ2v) is 8.78. The third kappa shape index (κ3) is 6.46. The summed E-state index contributed by atoms with van der Waals surface area (Å²) in [6, 6.07) is 5.44. The van der Waals surface area contributed by atoms with Crippen LogP contribution in [0.2, 0.25) is 5.02 Å². The van der Waals surface area contributed by atoms with Gasteiger partial charge in [-0.2, -0.15) is 0 Å². The summed E-state index contributed by atoms with van der Waals surface area (Å²) in [5.74, 6) is 2.20. The topological polar surface area (TPSA) is 108 Å². The van der Waals surface area contributed by atoms with E-state index in [-0.39, 0.29) is 0 Å². The van der Waals surface area contributed by atoms with Crippen LogP contribution in [0.25, 0.3) is 22.6 Å². The van der Waals surface area contributed by atoms with Gasteiger partial charge in [0.1, 0.15) is 17.3 Å². The molecule has 8 nitrogen and oxygen atoms in total. The average molecular weight is 488 g/mol. The van der Waals surface area contributed by atoms with Crippen LogP contribution in [0.5, 0.6) is 5.75 Å². The Morgan fingerprint density at radius 1 is 1.24 bits per heavy atom. The maximum absolute atomic E-state index is 6.43. The van der Waals surface area contributed by atoms with E-state index in [2.05, 4.69) is 22.4 Å². The number of nitrogens with two attached hydrogens (primary N) is 1. The molecule has 3 aromatic rings. The average Bonchev–Trinajstić information content (AvgIpc) is 3.43. The van der Waals surface area contributed by atoms with Crippen molar-refractivity contribution in [3.05, 3.63) is 40.2 Å². The van der Waals surface area contributed by atoms with Gasteiger partial charge in [-0.3, -0.25) is 0 Å². The molecule has 0 amide bonds. The molecule has 0 saturated carbocycles. The number of hydrogen-bond donors (Lipinski definition) is 2. The normalized spacial score (nSPS) is 15.2. The zero-order valence-electron chi connectivity index (χ0n) is 20.6. The van der Waals surface area contributed by atoms with Crippen molar-refractivity contribution in [3.63, 3.8) is 0 Å². The summed E-state index contributed by atoms with van der Waals surface area (Å²) in [6.07, 6.45) is 3.98. The lowest BCUT2D eigenvalue weighted by atomic mass is 10.1. The highest BCUT2D eigenvalue weighted by Crippen LogP contribution is 2.35. The van der Waals surface area contributed by atoms with E-state index < -0.39 is 0 Å². The van der Waals surface area contributed by atoms with Crippen molar-refractivity contribution < 1.29 is 14.0 Å². The lowest BCUT2D eigenvalue weighted by Gasteiger charge is -2.12. The van der Waals surface area contributed by atoms with Gasteiger partial charge < -0.3 is 25.0 Å². The minimum atomic E-state index is 0.386. The third-order valence-electron chi connectivity index (χ3n) is 5.63. The van der Waals surface area contributed by atoms with Crippen LogP contribution in [0.15, 0.2) is 22.7 Å². The number of aryl methyl sites for hydroxylation is 2. The van der Waals surface area contributed by atoms with Gasteiger partial charge in [0.15, 0.2) is 5.82 Å². The molecule has 1 fully saturated rings. The smallest absolute Gasteiger partial charge is 0.163 e. The number of halogens is 1. The molecule has 1 aliphatic rings. The Labute approximate surface area is 206 Å². The van der Waals surface area contributed by atoms with Crippen LogP contribution in [-0.4, -0.2) is 48.0 Å². The largest absolute Gasteiger partial charge is 0.494 e. The molecule has 0 aliphatic carbocycles. The second-order valence-electron chi connectivity index (χ2n) is 8.38. The molecule has 0 radical (unpaired) electrons. The Morgan fingerprint density at radius 3 is 2.62 bits per heavy atom. The lowest BCUT2D eigenvalue weighted by molar-refractivity contribution is 0.125. The number of nitrogens with zero attached hydrogens (tertiary/aromatic N) is 3. The first-order valence-electron chi connectivity index (χ1n) is 11.6. The van der Waals surface area contributed by atoms with Gasteiger partial charge in [-0.05, 0) is 78.7 Å². The standard InChI is InChI=1S/C20H24ClN5O2.C5H10O/c1-11-18(17-12(2)26-28-13(17)3)24-20(25-19(11)22)15-10-14(6-7-16(15)21)27-9-5-8-23-4;1-5-3-2-4-6-5/h6-7,10,23H,5,8-9H2,1-4H3,(H2,22,24,25);5H,2-4H2,1H3/t;5-/m.0/s1. The van der Waals surface area contributed by atoms with Crippen LogP contribution < -0.4 is 15.8 Å². The van der Waals surface area contributed by atoms with E-state index in [9.17, 15) is 0 Å². The summed E-state index contributed by atoms with van der Waals surface area (Å²) >= 11 is 6.43. The van der Waals surface area contributed by atoms with Gasteiger partial charge in [0.2, 0.25) is 0 Å². The molecule has 3 N–H and O–H groups in total. The predicted octanol–water partition coefficient (Wildman–Crippen LogP) is 5.13. The van der Waals surface area contributed by atoms with Crippen molar-refractivity contribution in [2.45, 2.75) is 53.1 Å². The van der Waals surface area contributed by atoms with E-state index >= 15 is 0 Å². The van der Waals surface area contributed by atoms with Crippen LogP contribution in [0.1, 0.15) is 43.2 Å². The molecule has 1 aromatic carbocycles. The minimum absolute atomic E-state index is 0.386. The van der Waals surface area contributed by atoms with E-state index in [4.69, 9.17) is 36.3 Å². The number of nitrogens with one attached hydrogen (secondary N) is 1. The molecule has 184 valence electrons. The van der Waals surface area contributed by atoms with Crippen molar-refractivity contribution in [3.8, 4) is 28.4 Å². The Balaban J connectivity index is 0.000000469. The van der Waals surface area contributed by atoms with E-state index in [0.717, 1.165) is 36.4 Å². The first-order valence-corrected chi connectivity index (χ1v) is 12.0. The van der Waals surface area contributed by atoms with E-state index in [1.165, 1.54) is 12.8 Å². The van der Waals surface area contributed by atoms with Crippen molar-refractivity contribution in [1.82, 2.24) is 20.4 Å². The number of anilines is 1. The molecule has 1 aliphatic heterocycles. The molecule has 1 saturated heterocycles. The van der Waals surface area contributed by atoms with E-state index in [1.54, 1.807) is 6.07 Å². The van der Waals surface area contributed by atoms with Gasteiger partial charge in [0.25, 0.3) is 0 Å². The third-order valence-corrected chi connectivity index (χ3v) is 5.96. The monoisotopic (exact) mass is 487 g/mol. The fourth-order valence-corrected chi connectivity index (χ4v) is 3.86. The van der Waals surface area contributed by atoms with Gasteiger partial charge in [-0.1, -0.05) is 16.8 Å². The lowest BCUT2D eigenvalue weighted by Crippen LogP contribution is -2.11. The fourth-order valence-electron chi connectivity index (χ4n) is 3.66. The summed E-state index contributed by atoms with van der Waals surface area (Å²) < 4.78 is 16.3. The molecule has 0 unspecified atom stereocenters. The van der Waals surface area contributed by atoms with Crippen LogP contribution >= 0.6 is 11.6 Å². The van der Waals surface area contributed by atoms with Gasteiger partial charge in [-0.25, -0.2) is 9.97 Å². The first-order chi connectivity index (χ1) is 16.3. The SMILES string of the molecule is CNCCCOc1ccc(Cl)c(-c2nc(N)c(C)c(-c3c(C)noc3C)n2)c1.C[C@H]1CCCO1. The summed E-state index contributed by atoms with van der Waals surface area (Å²) in [6.45, 7) is 10.2. The summed E-state index contributed by atoms with van der Waals surface area (Å²) in [7, 11) is 1.91. The van der Waals surface area contributed by atoms with Crippen LogP contribution in [0.3, 0.4) is 0 Å². The molecular weight excluding hydrogens is 454 g/mol. The van der Waals surface area contributed by atoms with E-state index in [0.29, 0.717) is 52.1 Å². The maximum atomic E-state index is 6.43. The number of rotatable bonds is 7. The van der Waals surface area contributed by atoms with E-state index in [1.807, 2.05) is 40.0 Å². The maximum Gasteiger partial charge on any atom is 0.163 e. The summed E-state index contributed by atoms with van der Waals surface area (Å²) in [5, 5.41) is 7.64. The highest BCUT2D eigenvalue weighted by Gasteiger charge is 2.20. The highest BCUT2D eigenvalue weighted by atomic mass is 35.5. The number of hydrogen-bond acceptors (Lipinski definition) is 8. The van der Waals surface area contributed by atoms with Crippen LogP contribution in [0, 0.1) is 20.8 Å². The molecule has 0 spiro atoms. The Bertz CT molecular complexity index is 1080. The Hall–Kier alpha value is -2.68. The number of nitrogen functional groups attached to an aromatic ring is 1. The van der Waals surface area contributed by atoms with Crippen molar-refractivity contribution in [2.75, 3.05) is 32.5 Å². The first kappa shape index (κ1) is 25.9. The highest BCUT2D eigenvalue weighted by molar-refractivity contribution is 6.33. The number of aromatic nitrogens is 3. The summed E-state index contributed by atoms with van der Waals surface area (Å²) in [4.78, 5) is 9.19. The fraction of sp³-hybridized carbons (Fsp3) is 0.480. The molecule has 2 aromatic heterocycles. The molecule has 34 heavy (non-hydrogen) atoms. The van der Waals surface area contributed by atoms with Crippen LogP contribution in [0.4, 0.5) is 5.82 Å². The number of ether oxygens (including phenoxy) is 2. The minimum Gasteiger partial charge on any atom is -0.494 e. The zero-order valence-corrected chi connectivity index (χ0v) is 21.3. The van der Waals surface area contributed by atoms with Gasteiger partial charge in [0.05, 0.1) is 34.7 Å². The Morgan fingerprint density at radius 2 is 2.03 bits per heavy atom. The predicted molar refractivity (Wildman–Crippen MR) is 135 cm³/mol. The molecular formula is C25H34ClN5O3. The molecule has 3 heterocycles. The summed E-state index contributed by atoms with van der Waals surface area (Å²) in [5.41, 5.74) is 9.88. The molecule has 4 rings (SSSR count). The Kier molecular flexibility index (Phi) is 9.27. The van der Waals surface area contributed by atoms with Crippen LogP contribution in [-0.2, 0) is 4.74 Å². The van der Waals surface area contributed by atoms with Crippen molar-refractivity contribution in [1.29, 1.82) is 0 Å². The van der Waals surface area contributed by atoms with Gasteiger partial charge >= 0.3 is 0 Å². The number of benzene rings is 1. The van der Waals surface area contributed by atoms with Gasteiger partial charge in [0, 0.05) is 17.7 Å². The molecule has 0 bridgehead atoms. The quantitative estimate of drug-likeness (QED) is 0.441. The van der Waals surface area contributed by atoms with Gasteiger partial charge in [-0.15, -0.1) is 0 Å². The molecule has 1 atom stereocenters. The zero-order chi connectivity index (χ0) is 24.7. The van der Waals surface area contributed by atoms with Crippen molar-refractivity contribution >= 4 is 17.4 Å². The molecule has 9 heteroatoms.